The molecule has 3 heteroatoms. The number of aryl methyl sites for hydroxylation is 2. The van der Waals surface area contributed by atoms with Gasteiger partial charge in [-0.25, -0.2) is 0 Å². The summed E-state index contributed by atoms with van der Waals surface area (Å²) < 4.78 is 5.31. The highest BCUT2D eigenvalue weighted by Gasteiger charge is 2.16. The van der Waals surface area contributed by atoms with Crippen molar-refractivity contribution in [3.05, 3.63) is 40.1 Å². The molecule has 18 heavy (non-hydrogen) atoms. The number of Topliss-reactive ketones (excluding diaryl/α,β-unsaturated/α-hetero) is 1. The van der Waals surface area contributed by atoms with Crippen LogP contribution in [0.1, 0.15) is 39.7 Å². The molecular weight excluding hydrogens is 226 g/mol. The molecule has 0 aliphatic rings. The lowest BCUT2D eigenvalue weighted by Crippen LogP contribution is -1.94. The molecule has 0 amide bonds. The standard InChI is InChI=1S/C15H17NO2/c1-8-6-9(2)11(4)15(10(8)3)14-7-13(12(5)17)16-18-14/h6-7H,1-5H3. The number of ketones is 1. The number of hydrogen-bond acceptors (Lipinski definition) is 3. The topological polar surface area (TPSA) is 43.1 Å². The predicted octanol–water partition coefficient (Wildman–Crippen LogP) is 3.78. The molecule has 2 aromatic rings. The average molecular weight is 243 g/mol. The first kappa shape index (κ1) is 12.6. The van der Waals surface area contributed by atoms with Crippen LogP contribution in [0.5, 0.6) is 0 Å². The summed E-state index contributed by atoms with van der Waals surface area (Å²) in [6.07, 6.45) is 0. The summed E-state index contributed by atoms with van der Waals surface area (Å²) in [5.41, 5.74) is 6.20. The minimum Gasteiger partial charge on any atom is -0.356 e. The molecule has 0 fully saturated rings. The third-order valence-electron chi connectivity index (χ3n) is 3.48. The van der Waals surface area contributed by atoms with Crippen LogP contribution >= 0.6 is 0 Å². The van der Waals surface area contributed by atoms with E-state index in [2.05, 4.69) is 38.9 Å². The fraction of sp³-hybridized carbons (Fsp3) is 0.333. The maximum Gasteiger partial charge on any atom is 0.181 e. The third-order valence-corrected chi connectivity index (χ3v) is 3.48. The zero-order chi connectivity index (χ0) is 13.4. The molecule has 0 bridgehead atoms. The smallest absolute Gasteiger partial charge is 0.181 e. The van der Waals surface area contributed by atoms with Crippen molar-refractivity contribution in [2.45, 2.75) is 34.6 Å². The minimum atomic E-state index is -0.0790. The highest BCUT2D eigenvalue weighted by molar-refractivity contribution is 5.93. The van der Waals surface area contributed by atoms with Gasteiger partial charge >= 0.3 is 0 Å². The third kappa shape index (κ3) is 1.96. The summed E-state index contributed by atoms with van der Waals surface area (Å²) in [4.78, 5) is 11.3. The van der Waals surface area contributed by atoms with Gasteiger partial charge in [0.2, 0.25) is 0 Å². The predicted molar refractivity (Wildman–Crippen MR) is 70.9 cm³/mol. The Balaban J connectivity index is 2.66. The van der Waals surface area contributed by atoms with Gasteiger partial charge in [0.1, 0.15) is 5.69 Å². The Morgan fingerprint density at radius 2 is 1.61 bits per heavy atom. The molecule has 2 rings (SSSR count). The molecule has 0 aliphatic carbocycles. The Labute approximate surface area is 107 Å². The monoisotopic (exact) mass is 243 g/mol. The first-order valence-electron chi connectivity index (χ1n) is 5.97. The van der Waals surface area contributed by atoms with Crippen molar-refractivity contribution in [2.24, 2.45) is 0 Å². The molecule has 0 unspecified atom stereocenters. The van der Waals surface area contributed by atoms with Gasteiger partial charge in [-0.1, -0.05) is 11.2 Å². The summed E-state index contributed by atoms with van der Waals surface area (Å²) in [5.74, 6) is 0.590. The zero-order valence-electron chi connectivity index (χ0n) is 11.4. The maximum atomic E-state index is 11.3. The van der Waals surface area contributed by atoms with Gasteiger partial charge in [-0.15, -0.1) is 0 Å². The molecule has 0 radical (unpaired) electrons. The van der Waals surface area contributed by atoms with Crippen molar-refractivity contribution in [3.8, 4) is 11.3 Å². The molecule has 94 valence electrons. The van der Waals surface area contributed by atoms with Crippen LogP contribution in [0.3, 0.4) is 0 Å². The first-order chi connectivity index (χ1) is 8.41. The molecule has 1 heterocycles. The van der Waals surface area contributed by atoms with Crippen LogP contribution in [-0.2, 0) is 0 Å². The summed E-state index contributed by atoms with van der Waals surface area (Å²) >= 11 is 0. The van der Waals surface area contributed by atoms with E-state index in [-0.39, 0.29) is 5.78 Å². The minimum absolute atomic E-state index is 0.0790. The van der Waals surface area contributed by atoms with Gasteiger partial charge in [-0.3, -0.25) is 4.79 Å². The van der Waals surface area contributed by atoms with Crippen LogP contribution in [0, 0.1) is 27.7 Å². The van der Waals surface area contributed by atoms with E-state index in [1.165, 1.54) is 29.2 Å². The Morgan fingerprint density at radius 1 is 1.06 bits per heavy atom. The zero-order valence-corrected chi connectivity index (χ0v) is 11.4. The number of benzene rings is 1. The number of rotatable bonds is 2. The highest BCUT2D eigenvalue weighted by atomic mass is 16.5. The van der Waals surface area contributed by atoms with Gasteiger partial charge in [-0.05, 0) is 49.9 Å². The van der Waals surface area contributed by atoms with Gasteiger partial charge in [0.05, 0.1) is 0 Å². The normalized spacial score (nSPS) is 10.7. The Kier molecular flexibility index (Phi) is 3.07. The van der Waals surface area contributed by atoms with E-state index in [1.807, 2.05) is 0 Å². The average Bonchev–Trinajstić information content (AvgIpc) is 2.76. The summed E-state index contributed by atoms with van der Waals surface area (Å²) in [6.45, 7) is 9.77. The van der Waals surface area contributed by atoms with Crippen LogP contribution < -0.4 is 0 Å². The highest BCUT2D eigenvalue weighted by Crippen LogP contribution is 2.31. The van der Waals surface area contributed by atoms with Gasteiger partial charge in [0.15, 0.2) is 11.5 Å². The molecular formula is C15H17NO2. The Bertz CT molecular complexity index is 597. The van der Waals surface area contributed by atoms with Gasteiger partial charge < -0.3 is 4.52 Å². The largest absolute Gasteiger partial charge is 0.356 e. The van der Waals surface area contributed by atoms with E-state index in [0.29, 0.717) is 11.5 Å². The Morgan fingerprint density at radius 3 is 2.06 bits per heavy atom. The maximum absolute atomic E-state index is 11.3. The summed E-state index contributed by atoms with van der Waals surface area (Å²) in [5, 5.41) is 3.81. The molecule has 0 spiro atoms. The first-order valence-corrected chi connectivity index (χ1v) is 5.97. The molecule has 0 atom stereocenters. The summed E-state index contributed by atoms with van der Waals surface area (Å²) in [6, 6.07) is 3.88. The fourth-order valence-electron chi connectivity index (χ4n) is 2.15. The van der Waals surface area contributed by atoms with Gasteiger partial charge in [0, 0.05) is 18.6 Å². The lowest BCUT2D eigenvalue weighted by atomic mass is 9.92. The van der Waals surface area contributed by atoms with E-state index in [1.54, 1.807) is 6.07 Å². The molecule has 0 aliphatic heterocycles. The lowest BCUT2D eigenvalue weighted by Gasteiger charge is -2.12. The van der Waals surface area contributed by atoms with E-state index in [4.69, 9.17) is 4.52 Å². The summed E-state index contributed by atoms with van der Waals surface area (Å²) in [7, 11) is 0. The number of carbonyl (C=O) groups excluding carboxylic acids is 1. The van der Waals surface area contributed by atoms with E-state index < -0.39 is 0 Å². The van der Waals surface area contributed by atoms with Crippen molar-refractivity contribution in [1.29, 1.82) is 0 Å². The van der Waals surface area contributed by atoms with Crippen molar-refractivity contribution in [3.63, 3.8) is 0 Å². The van der Waals surface area contributed by atoms with E-state index in [0.717, 1.165) is 5.56 Å². The van der Waals surface area contributed by atoms with E-state index in [9.17, 15) is 4.79 Å². The number of hydrogen-bond donors (Lipinski definition) is 0. The number of carbonyl (C=O) groups is 1. The molecule has 0 saturated heterocycles. The van der Waals surface area contributed by atoms with Gasteiger partial charge in [0.25, 0.3) is 0 Å². The molecule has 1 aromatic carbocycles. The second kappa shape index (κ2) is 4.41. The van der Waals surface area contributed by atoms with Crippen molar-refractivity contribution >= 4 is 5.78 Å². The molecule has 0 N–H and O–H groups in total. The second-order valence-corrected chi connectivity index (χ2v) is 4.77. The van der Waals surface area contributed by atoms with Crippen molar-refractivity contribution < 1.29 is 9.32 Å². The van der Waals surface area contributed by atoms with Crippen LogP contribution in [0.4, 0.5) is 0 Å². The second-order valence-electron chi connectivity index (χ2n) is 4.77. The van der Waals surface area contributed by atoms with Crippen LogP contribution in [0.25, 0.3) is 11.3 Å². The van der Waals surface area contributed by atoms with Crippen molar-refractivity contribution in [1.82, 2.24) is 5.16 Å². The lowest BCUT2D eigenvalue weighted by molar-refractivity contribution is 0.100. The van der Waals surface area contributed by atoms with Gasteiger partial charge in [-0.2, -0.15) is 0 Å². The van der Waals surface area contributed by atoms with E-state index >= 15 is 0 Å². The fourth-order valence-corrected chi connectivity index (χ4v) is 2.15. The SMILES string of the molecule is CC(=O)c1cc(-c2c(C)c(C)cc(C)c2C)on1. The molecule has 0 saturated carbocycles. The molecule has 1 aromatic heterocycles. The number of aromatic nitrogens is 1. The van der Waals surface area contributed by atoms with Crippen LogP contribution in [-0.4, -0.2) is 10.9 Å². The molecule has 3 nitrogen and oxygen atoms in total. The van der Waals surface area contributed by atoms with Crippen molar-refractivity contribution in [2.75, 3.05) is 0 Å². The van der Waals surface area contributed by atoms with Crippen LogP contribution in [0.15, 0.2) is 16.7 Å². The van der Waals surface area contributed by atoms with Crippen LogP contribution in [0.2, 0.25) is 0 Å². The quantitative estimate of drug-likeness (QED) is 0.754. The Hall–Kier alpha value is -1.90. The number of nitrogens with zero attached hydrogens (tertiary/aromatic N) is 1.